The van der Waals surface area contributed by atoms with Crippen LogP contribution in [0.2, 0.25) is 0 Å². The summed E-state index contributed by atoms with van der Waals surface area (Å²) < 4.78 is 32.7. The third-order valence-corrected chi connectivity index (χ3v) is 6.29. The Hall–Kier alpha value is -1.93. The van der Waals surface area contributed by atoms with Gasteiger partial charge in [0.1, 0.15) is 0 Å². The third-order valence-electron chi connectivity index (χ3n) is 4.29. The Morgan fingerprint density at radius 1 is 1.20 bits per heavy atom. The van der Waals surface area contributed by atoms with Gasteiger partial charge >= 0.3 is 6.01 Å². The van der Waals surface area contributed by atoms with Gasteiger partial charge in [-0.3, -0.25) is 0 Å². The van der Waals surface area contributed by atoms with Crippen molar-refractivity contribution in [3.63, 3.8) is 0 Å². The van der Waals surface area contributed by atoms with Gasteiger partial charge in [-0.1, -0.05) is 43.6 Å². The Labute approximate surface area is 148 Å². The third kappa shape index (κ3) is 4.01. The highest BCUT2D eigenvalue weighted by Crippen LogP contribution is 2.24. The highest BCUT2D eigenvalue weighted by atomic mass is 32.2. The number of piperidine rings is 1. The van der Waals surface area contributed by atoms with Crippen molar-refractivity contribution in [3.8, 4) is 0 Å². The van der Waals surface area contributed by atoms with Gasteiger partial charge in [-0.25, -0.2) is 8.42 Å². The molecular weight excluding hydrogens is 340 g/mol. The van der Waals surface area contributed by atoms with Crippen molar-refractivity contribution >= 4 is 16.0 Å². The van der Waals surface area contributed by atoms with E-state index in [1.54, 1.807) is 16.4 Å². The number of benzene rings is 1. The van der Waals surface area contributed by atoms with E-state index >= 15 is 0 Å². The summed E-state index contributed by atoms with van der Waals surface area (Å²) in [6, 6.07) is 7.36. The van der Waals surface area contributed by atoms with Gasteiger partial charge in [-0.15, -0.1) is 0 Å². The summed E-state index contributed by atoms with van der Waals surface area (Å²) in [5, 5.41) is 6.93. The zero-order chi connectivity index (χ0) is 17.9. The minimum absolute atomic E-state index is 0.172. The van der Waals surface area contributed by atoms with Crippen LogP contribution >= 0.6 is 0 Å². The zero-order valence-corrected chi connectivity index (χ0v) is 15.4. The first-order chi connectivity index (χ1) is 12.0. The minimum atomic E-state index is -3.48. The Kier molecular flexibility index (Phi) is 5.39. The van der Waals surface area contributed by atoms with E-state index in [0.29, 0.717) is 41.9 Å². The fourth-order valence-corrected chi connectivity index (χ4v) is 4.60. The molecule has 0 spiro atoms. The Balaban J connectivity index is 1.78. The maximum Gasteiger partial charge on any atom is 0.321 e. The fourth-order valence-electron chi connectivity index (χ4n) is 2.86. The number of hydrogen-bond acceptors (Lipinski definition) is 6. The van der Waals surface area contributed by atoms with Crippen molar-refractivity contribution in [3.05, 3.63) is 35.7 Å². The second-order valence-electron chi connectivity index (χ2n) is 6.54. The summed E-state index contributed by atoms with van der Waals surface area (Å²) in [6.45, 7) is 5.45. The summed E-state index contributed by atoms with van der Waals surface area (Å²) in [4.78, 5) is 4.60. The number of hydrogen-bond donors (Lipinski definition) is 1. The van der Waals surface area contributed by atoms with Crippen LogP contribution in [0.25, 0.3) is 0 Å². The molecule has 7 nitrogen and oxygen atoms in total. The predicted octanol–water partition coefficient (Wildman–Crippen LogP) is 2.98. The summed E-state index contributed by atoms with van der Waals surface area (Å²) in [6.07, 6.45) is 2.92. The minimum Gasteiger partial charge on any atom is -0.334 e. The zero-order valence-electron chi connectivity index (χ0n) is 14.6. The van der Waals surface area contributed by atoms with Crippen LogP contribution in [-0.2, 0) is 16.6 Å². The molecule has 0 radical (unpaired) electrons. The van der Waals surface area contributed by atoms with E-state index < -0.39 is 10.0 Å². The molecule has 0 aliphatic carbocycles. The Morgan fingerprint density at radius 3 is 2.60 bits per heavy atom. The lowest BCUT2D eigenvalue weighted by Gasteiger charge is -2.26. The van der Waals surface area contributed by atoms with E-state index in [2.05, 4.69) is 15.5 Å². The molecule has 2 heterocycles. The number of aromatic nitrogens is 2. The number of anilines is 1. The number of sulfonamides is 1. The topological polar surface area (TPSA) is 88.3 Å². The maximum atomic E-state index is 13.0. The first-order valence-electron chi connectivity index (χ1n) is 8.64. The molecule has 0 bridgehead atoms. The lowest BCUT2D eigenvalue weighted by molar-refractivity contribution is 0.346. The second-order valence-corrected chi connectivity index (χ2v) is 8.44. The van der Waals surface area contributed by atoms with E-state index in [4.69, 9.17) is 4.52 Å². The van der Waals surface area contributed by atoms with E-state index in [-0.39, 0.29) is 5.92 Å². The van der Waals surface area contributed by atoms with Gasteiger partial charge in [-0.05, 0) is 24.5 Å². The normalized spacial score (nSPS) is 16.3. The van der Waals surface area contributed by atoms with Crippen molar-refractivity contribution in [2.24, 2.45) is 0 Å². The highest BCUT2D eigenvalue weighted by Gasteiger charge is 2.27. The van der Waals surface area contributed by atoms with Gasteiger partial charge in [0.05, 0.1) is 4.90 Å². The number of nitrogens with one attached hydrogen (secondary N) is 1. The monoisotopic (exact) mass is 364 g/mol. The van der Waals surface area contributed by atoms with Crippen LogP contribution in [0.3, 0.4) is 0 Å². The van der Waals surface area contributed by atoms with Crippen LogP contribution in [0.1, 0.15) is 50.4 Å². The molecule has 1 saturated heterocycles. The van der Waals surface area contributed by atoms with Gasteiger partial charge in [0, 0.05) is 25.6 Å². The average molecular weight is 364 g/mol. The van der Waals surface area contributed by atoms with Gasteiger partial charge < -0.3 is 9.84 Å². The molecule has 1 aliphatic rings. The molecule has 1 fully saturated rings. The van der Waals surface area contributed by atoms with Crippen LogP contribution in [-0.4, -0.2) is 36.0 Å². The lowest BCUT2D eigenvalue weighted by atomic mass is 10.2. The van der Waals surface area contributed by atoms with E-state index in [0.717, 1.165) is 19.3 Å². The molecule has 0 saturated carbocycles. The molecule has 136 valence electrons. The van der Waals surface area contributed by atoms with Gasteiger partial charge in [-0.2, -0.15) is 9.29 Å². The van der Waals surface area contributed by atoms with Crippen molar-refractivity contribution < 1.29 is 12.9 Å². The summed E-state index contributed by atoms with van der Waals surface area (Å²) in [5.74, 6) is 0.794. The molecule has 1 N–H and O–H groups in total. The highest BCUT2D eigenvalue weighted by molar-refractivity contribution is 7.89. The van der Waals surface area contributed by atoms with Crippen LogP contribution < -0.4 is 5.32 Å². The standard InChI is InChI=1S/C17H24N4O3S/c1-13(2)16-19-17(24-20-16)18-12-14-8-4-5-9-15(14)25(22,23)21-10-6-3-7-11-21/h4-5,8-9,13H,3,6-7,10-12H2,1-2H3,(H,18,19,20). The molecule has 8 heteroatoms. The van der Waals surface area contributed by atoms with Gasteiger partial charge in [0.15, 0.2) is 5.82 Å². The van der Waals surface area contributed by atoms with E-state index in [1.807, 2.05) is 26.0 Å². The Morgan fingerprint density at radius 2 is 1.92 bits per heavy atom. The fraction of sp³-hybridized carbons (Fsp3) is 0.529. The number of rotatable bonds is 6. The van der Waals surface area contributed by atoms with Crippen molar-refractivity contribution in [2.75, 3.05) is 18.4 Å². The Bertz CT molecular complexity index is 811. The number of nitrogens with zero attached hydrogens (tertiary/aromatic N) is 3. The lowest BCUT2D eigenvalue weighted by Crippen LogP contribution is -2.36. The van der Waals surface area contributed by atoms with Crippen LogP contribution in [0, 0.1) is 0 Å². The quantitative estimate of drug-likeness (QED) is 0.848. The molecule has 1 aromatic carbocycles. The molecule has 1 aromatic heterocycles. The first kappa shape index (κ1) is 17.9. The summed E-state index contributed by atoms with van der Waals surface area (Å²) >= 11 is 0. The van der Waals surface area contributed by atoms with Gasteiger partial charge in [0.25, 0.3) is 0 Å². The maximum absolute atomic E-state index is 13.0. The second kappa shape index (κ2) is 7.53. The molecule has 25 heavy (non-hydrogen) atoms. The van der Waals surface area contributed by atoms with E-state index in [9.17, 15) is 8.42 Å². The van der Waals surface area contributed by atoms with Crippen molar-refractivity contribution in [1.29, 1.82) is 0 Å². The molecule has 1 aliphatic heterocycles. The molecule has 0 unspecified atom stereocenters. The SMILES string of the molecule is CC(C)c1noc(NCc2ccccc2S(=O)(=O)N2CCCCC2)n1. The predicted molar refractivity (Wildman–Crippen MR) is 94.8 cm³/mol. The van der Waals surface area contributed by atoms with Crippen LogP contribution in [0.5, 0.6) is 0 Å². The molecule has 3 rings (SSSR count). The summed E-state index contributed by atoms with van der Waals surface area (Å²) in [7, 11) is -3.48. The molecule has 0 atom stereocenters. The average Bonchev–Trinajstić information content (AvgIpc) is 3.10. The molecule has 0 amide bonds. The first-order valence-corrected chi connectivity index (χ1v) is 10.1. The molecule has 2 aromatic rings. The van der Waals surface area contributed by atoms with Gasteiger partial charge in [0.2, 0.25) is 10.0 Å². The van der Waals surface area contributed by atoms with Crippen LogP contribution in [0.15, 0.2) is 33.7 Å². The van der Waals surface area contributed by atoms with Crippen molar-refractivity contribution in [2.45, 2.75) is 50.5 Å². The van der Waals surface area contributed by atoms with Crippen molar-refractivity contribution in [1.82, 2.24) is 14.4 Å². The largest absolute Gasteiger partial charge is 0.334 e. The van der Waals surface area contributed by atoms with E-state index in [1.165, 1.54) is 0 Å². The smallest absolute Gasteiger partial charge is 0.321 e. The molecular formula is C17H24N4O3S. The summed E-state index contributed by atoms with van der Waals surface area (Å²) in [5.41, 5.74) is 0.692. The van der Waals surface area contributed by atoms with Crippen LogP contribution in [0.4, 0.5) is 6.01 Å².